The van der Waals surface area contributed by atoms with Gasteiger partial charge in [0, 0.05) is 5.56 Å². The van der Waals surface area contributed by atoms with Crippen molar-refractivity contribution < 1.29 is 13.9 Å². The highest BCUT2D eigenvalue weighted by Crippen LogP contribution is 2.33. The van der Waals surface area contributed by atoms with Gasteiger partial charge < -0.3 is 9.47 Å². The van der Waals surface area contributed by atoms with Crippen LogP contribution in [-0.2, 0) is 9.47 Å². The lowest BCUT2D eigenvalue weighted by molar-refractivity contribution is -0.139. The third-order valence-electron chi connectivity index (χ3n) is 2.26. The number of hydrogen-bond acceptors (Lipinski definition) is 2. The van der Waals surface area contributed by atoms with Crippen molar-refractivity contribution in [1.82, 2.24) is 0 Å². The molecule has 0 aromatic heterocycles. The Balaban J connectivity index is 2.22. The van der Waals surface area contributed by atoms with Gasteiger partial charge in [0.05, 0.1) is 6.61 Å². The first kappa shape index (κ1) is 9.62. The molecule has 14 heavy (non-hydrogen) atoms. The van der Waals surface area contributed by atoms with Crippen molar-refractivity contribution in [2.24, 2.45) is 0 Å². The molecule has 1 unspecified atom stereocenters. The van der Waals surface area contributed by atoms with E-state index in [4.69, 9.17) is 9.47 Å². The van der Waals surface area contributed by atoms with Gasteiger partial charge in [-0.15, -0.1) is 0 Å². The molecule has 0 bridgehead atoms. The van der Waals surface area contributed by atoms with Gasteiger partial charge in [0.1, 0.15) is 11.9 Å². The van der Waals surface area contributed by atoms with Crippen LogP contribution in [0.4, 0.5) is 4.39 Å². The van der Waals surface area contributed by atoms with Gasteiger partial charge in [-0.25, -0.2) is 4.39 Å². The van der Waals surface area contributed by atoms with E-state index in [1.54, 1.807) is 18.2 Å². The van der Waals surface area contributed by atoms with E-state index >= 15 is 0 Å². The van der Waals surface area contributed by atoms with Gasteiger partial charge in [0.2, 0.25) is 0 Å². The van der Waals surface area contributed by atoms with Crippen molar-refractivity contribution >= 4 is 0 Å². The maximum atomic E-state index is 13.4. The second-order valence-corrected chi connectivity index (χ2v) is 3.84. The van der Waals surface area contributed by atoms with Crippen molar-refractivity contribution in [2.45, 2.75) is 25.7 Å². The Morgan fingerprint density at radius 3 is 2.64 bits per heavy atom. The molecule has 1 aliphatic heterocycles. The van der Waals surface area contributed by atoms with E-state index in [0.717, 1.165) is 0 Å². The third-order valence-corrected chi connectivity index (χ3v) is 2.26. The highest BCUT2D eigenvalue weighted by Gasteiger charge is 2.34. The van der Waals surface area contributed by atoms with Crippen molar-refractivity contribution in [3.05, 3.63) is 35.6 Å². The molecule has 1 aliphatic rings. The minimum atomic E-state index is -0.604. The molecule has 0 radical (unpaired) electrons. The van der Waals surface area contributed by atoms with Gasteiger partial charge in [-0.2, -0.15) is 0 Å². The Morgan fingerprint density at radius 2 is 2.07 bits per heavy atom. The summed E-state index contributed by atoms with van der Waals surface area (Å²) in [7, 11) is 0. The number of hydrogen-bond donors (Lipinski definition) is 0. The Kier molecular flexibility index (Phi) is 2.29. The molecular weight excluding hydrogens is 183 g/mol. The number of rotatable bonds is 1. The molecule has 2 nitrogen and oxygen atoms in total. The van der Waals surface area contributed by atoms with E-state index in [2.05, 4.69) is 0 Å². The lowest BCUT2D eigenvalue weighted by atomic mass is 10.1. The molecule has 1 atom stereocenters. The van der Waals surface area contributed by atoms with Crippen LogP contribution in [0.2, 0.25) is 0 Å². The summed E-state index contributed by atoms with van der Waals surface area (Å²) in [6, 6.07) is 6.63. The minimum absolute atomic E-state index is 0.237. The summed E-state index contributed by atoms with van der Waals surface area (Å²) in [5, 5.41) is 0. The molecule has 2 rings (SSSR count). The smallest absolute Gasteiger partial charge is 0.163 e. The van der Waals surface area contributed by atoms with Crippen LogP contribution in [0.5, 0.6) is 0 Å². The van der Waals surface area contributed by atoms with Crippen molar-refractivity contribution in [3.8, 4) is 0 Å². The van der Waals surface area contributed by atoms with E-state index in [9.17, 15) is 4.39 Å². The van der Waals surface area contributed by atoms with Crippen molar-refractivity contribution in [1.29, 1.82) is 0 Å². The average molecular weight is 196 g/mol. The standard InChI is InChI=1S/C11H13FO2/c1-11(2)13-7-10(14-11)8-5-3-4-6-9(8)12/h3-6,10H,7H2,1-2H3. The molecule has 1 aromatic carbocycles. The van der Waals surface area contributed by atoms with E-state index in [1.807, 2.05) is 13.8 Å². The molecule has 1 saturated heterocycles. The molecule has 0 spiro atoms. The van der Waals surface area contributed by atoms with Gasteiger partial charge in [0.25, 0.3) is 0 Å². The van der Waals surface area contributed by atoms with Crippen LogP contribution < -0.4 is 0 Å². The monoisotopic (exact) mass is 196 g/mol. The molecule has 1 aromatic rings. The Hall–Kier alpha value is -0.930. The summed E-state index contributed by atoms with van der Waals surface area (Å²) in [6.45, 7) is 4.07. The summed E-state index contributed by atoms with van der Waals surface area (Å²) in [4.78, 5) is 0. The number of benzene rings is 1. The predicted molar refractivity (Wildman–Crippen MR) is 50.3 cm³/mol. The van der Waals surface area contributed by atoms with Crippen LogP contribution in [0.15, 0.2) is 24.3 Å². The lowest BCUT2D eigenvalue weighted by Gasteiger charge is -2.17. The molecule has 0 aliphatic carbocycles. The van der Waals surface area contributed by atoms with E-state index in [-0.39, 0.29) is 11.9 Å². The molecule has 0 amide bonds. The van der Waals surface area contributed by atoms with E-state index < -0.39 is 5.79 Å². The highest BCUT2D eigenvalue weighted by molar-refractivity contribution is 5.20. The SMILES string of the molecule is CC1(C)OCC(c2ccccc2F)O1. The zero-order chi connectivity index (χ0) is 10.2. The highest BCUT2D eigenvalue weighted by atomic mass is 19.1. The summed E-state index contributed by atoms with van der Waals surface area (Å²) in [5.41, 5.74) is 0.568. The van der Waals surface area contributed by atoms with Gasteiger partial charge in [0.15, 0.2) is 5.79 Å². The quantitative estimate of drug-likeness (QED) is 0.687. The fourth-order valence-corrected chi connectivity index (χ4v) is 1.58. The molecular formula is C11H13FO2. The predicted octanol–water partition coefficient (Wildman–Crippen LogP) is 2.65. The second-order valence-electron chi connectivity index (χ2n) is 3.84. The summed E-state index contributed by atoms with van der Waals surface area (Å²) >= 11 is 0. The van der Waals surface area contributed by atoms with Gasteiger partial charge >= 0.3 is 0 Å². The van der Waals surface area contributed by atoms with Crippen LogP contribution in [0.3, 0.4) is 0 Å². The second kappa shape index (κ2) is 3.33. The largest absolute Gasteiger partial charge is 0.347 e. The first-order valence-corrected chi connectivity index (χ1v) is 4.65. The van der Waals surface area contributed by atoms with Gasteiger partial charge in [-0.3, -0.25) is 0 Å². The Bertz CT molecular complexity index is 336. The maximum absolute atomic E-state index is 13.4. The minimum Gasteiger partial charge on any atom is -0.347 e. The fraction of sp³-hybridized carbons (Fsp3) is 0.455. The maximum Gasteiger partial charge on any atom is 0.163 e. The van der Waals surface area contributed by atoms with Crippen molar-refractivity contribution in [2.75, 3.05) is 6.61 Å². The molecule has 76 valence electrons. The zero-order valence-electron chi connectivity index (χ0n) is 8.29. The first-order chi connectivity index (χ1) is 6.58. The molecule has 1 fully saturated rings. The molecule has 3 heteroatoms. The summed E-state index contributed by atoms with van der Waals surface area (Å²) < 4.78 is 24.3. The molecule has 0 saturated carbocycles. The molecule has 1 heterocycles. The van der Waals surface area contributed by atoms with Crippen LogP contribution in [-0.4, -0.2) is 12.4 Å². The number of halogens is 1. The Labute approximate surface area is 82.6 Å². The topological polar surface area (TPSA) is 18.5 Å². The lowest BCUT2D eigenvalue weighted by Crippen LogP contribution is -2.19. The van der Waals surface area contributed by atoms with Crippen LogP contribution in [0, 0.1) is 5.82 Å². The summed E-state index contributed by atoms with van der Waals surface area (Å²) in [5.74, 6) is -0.841. The first-order valence-electron chi connectivity index (χ1n) is 4.65. The average Bonchev–Trinajstić information content (AvgIpc) is 2.47. The third kappa shape index (κ3) is 1.79. The normalized spacial score (nSPS) is 25.2. The summed E-state index contributed by atoms with van der Waals surface area (Å²) in [6.07, 6.45) is -0.286. The van der Waals surface area contributed by atoms with Crippen LogP contribution in [0.25, 0.3) is 0 Å². The Morgan fingerprint density at radius 1 is 1.36 bits per heavy atom. The van der Waals surface area contributed by atoms with Crippen LogP contribution >= 0.6 is 0 Å². The van der Waals surface area contributed by atoms with Gasteiger partial charge in [-0.1, -0.05) is 18.2 Å². The molecule has 0 N–H and O–H groups in total. The van der Waals surface area contributed by atoms with Crippen LogP contribution in [0.1, 0.15) is 25.5 Å². The van der Waals surface area contributed by atoms with Crippen molar-refractivity contribution in [3.63, 3.8) is 0 Å². The van der Waals surface area contributed by atoms with Gasteiger partial charge in [-0.05, 0) is 19.9 Å². The van der Waals surface area contributed by atoms with E-state index in [1.165, 1.54) is 6.07 Å². The zero-order valence-corrected chi connectivity index (χ0v) is 8.29. The number of ether oxygens (including phenoxy) is 2. The van der Waals surface area contributed by atoms with E-state index in [0.29, 0.717) is 12.2 Å². The fourth-order valence-electron chi connectivity index (χ4n) is 1.58.